The summed E-state index contributed by atoms with van der Waals surface area (Å²) in [6, 6.07) is 0. The summed E-state index contributed by atoms with van der Waals surface area (Å²) in [5.74, 6) is 0.850. The van der Waals surface area contributed by atoms with E-state index >= 15 is 0 Å². The van der Waals surface area contributed by atoms with Crippen molar-refractivity contribution in [3.05, 3.63) is 0 Å². The Balaban J connectivity index is 1.76. The maximum Gasteiger partial charge on any atom is 0.309 e. The van der Waals surface area contributed by atoms with Gasteiger partial charge in [0, 0.05) is 0 Å². The summed E-state index contributed by atoms with van der Waals surface area (Å²) in [5, 5.41) is 0. The van der Waals surface area contributed by atoms with Crippen LogP contribution in [0.4, 0.5) is 0 Å². The van der Waals surface area contributed by atoms with E-state index in [1.807, 2.05) is 0 Å². The standard InChI is InChI=1S/C10H16O3/c1-7-2-3-8(4-7)10(11)13-9-5-12-6-9/h7-9H,2-6H2,1H3. The summed E-state index contributed by atoms with van der Waals surface area (Å²) >= 11 is 0. The first kappa shape index (κ1) is 9.00. The Kier molecular flexibility index (Phi) is 2.54. The van der Waals surface area contributed by atoms with Crippen molar-refractivity contribution < 1.29 is 14.3 Å². The average Bonchev–Trinajstić information content (AvgIpc) is 2.44. The molecule has 0 aromatic rings. The van der Waals surface area contributed by atoms with E-state index in [0.717, 1.165) is 12.8 Å². The summed E-state index contributed by atoms with van der Waals surface area (Å²) in [5.41, 5.74) is 0. The molecular formula is C10H16O3. The van der Waals surface area contributed by atoms with Crippen LogP contribution in [0.25, 0.3) is 0 Å². The highest BCUT2D eigenvalue weighted by atomic mass is 16.6. The molecule has 2 aliphatic rings. The maximum atomic E-state index is 11.5. The van der Waals surface area contributed by atoms with E-state index in [9.17, 15) is 4.79 Å². The number of carbonyl (C=O) groups excluding carboxylic acids is 1. The third-order valence-corrected chi connectivity index (χ3v) is 2.92. The van der Waals surface area contributed by atoms with E-state index in [1.165, 1.54) is 6.42 Å². The lowest BCUT2D eigenvalue weighted by Gasteiger charge is -2.26. The Labute approximate surface area is 78.4 Å². The molecule has 2 fully saturated rings. The van der Waals surface area contributed by atoms with E-state index in [-0.39, 0.29) is 18.0 Å². The van der Waals surface area contributed by atoms with Crippen LogP contribution in [0, 0.1) is 11.8 Å². The summed E-state index contributed by atoms with van der Waals surface area (Å²) in [4.78, 5) is 11.5. The molecule has 2 unspecified atom stereocenters. The number of hydrogen-bond acceptors (Lipinski definition) is 3. The van der Waals surface area contributed by atoms with Crippen molar-refractivity contribution in [2.75, 3.05) is 13.2 Å². The topological polar surface area (TPSA) is 35.5 Å². The normalized spacial score (nSPS) is 34.2. The lowest BCUT2D eigenvalue weighted by atomic mass is 10.1. The fraction of sp³-hybridized carbons (Fsp3) is 0.900. The minimum atomic E-state index is -0.00218. The van der Waals surface area contributed by atoms with Gasteiger partial charge in [-0.3, -0.25) is 4.79 Å². The third kappa shape index (κ3) is 2.02. The number of carbonyl (C=O) groups is 1. The molecule has 2 atom stereocenters. The van der Waals surface area contributed by atoms with E-state index in [2.05, 4.69) is 6.92 Å². The van der Waals surface area contributed by atoms with Crippen LogP contribution in [0.15, 0.2) is 0 Å². The van der Waals surface area contributed by atoms with Crippen LogP contribution in [-0.4, -0.2) is 25.3 Å². The van der Waals surface area contributed by atoms with Gasteiger partial charge < -0.3 is 9.47 Å². The molecule has 1 saturated heterocycles. The van der Waals surface area contributed by atoms with Crippen molar-refractivity contribution in [1.82, 2.24) is 0 Å². The largest absolute Gasteiger partial charge is 0.457 e. The number of rotatable bonds is 2. The lowest BCUT2D eigenvalue weighted by molar-refractivity contribution is -0.176. The molecule has 1 aliphatic heterocycles. The van der Waals surface area contributed by atoms with Gasteiger partial charge in [-0.15, -0.1) is 0 Å². The van der Waals surface area contributed by atoms with E-state index in [1.54, 1.807) is 0 Å². The molecule has 0 radical (unpaired) electrons. The highest BCUT2D eigenvalue weighted by molar-refractivity contribution is 5.73. The van der Waals surface area contributed by atoms with Crippen molar-refractivity contribution in [1.29, 1.82) is 0 Å². The molecule has 0 aromatic carbocycles. The SMILES string of the molecule is CC1CCC(C(=O)OC2COC2)C1. The lowest BCUT2D eigenvalue weighted by Crippen LogP contribution is -2.39. The number of ether oxygens (including phenoxy) is 2. The van der Waals surface area contributed by atoms with E-state index in [0.29, 0.717) is 19.1 Å². The number of hydrogen-bond donors (Lipinski definition) is 0. The molecule has 3 nitrogen and oxygen atoms in total. The first-order valence-corrected chi connectivity index (χ1v) is 5.04. The van der Waals surface area contributed by atoms with E-state index in [4.69, 9.17) is 9.47 Å². The summed E-state index contributed by atoms with van der Waals surface area (Å²) in [7, 11) is 0. The highest BCUT2D eigenvalue weighted by Gasteiger charge is 2.31. The van der Waals surface area contributed by atoms with Crippen molar-refractivity contribution in [3.8, 4) is 0 Å². The van der Waals surface area contributed by atoms with Crippen LogP contribution in [0.1, 0.15) is 26.2 Å². The summed E-state index contributed by atoms with van der Waals surface area (Å²) in [6.07, 6.45) is 3.23. The molecule has 74 valence electrons. The minimum absolute atomic E-state index is 0.00218. The van der Waals surface area contributed by atoms with Crippen LogP contribution in [0.2, 0.25) is 0 Å². The second kappa shape index (κ2) is 3.66. The van der Waals surface area contributed by atoms with Crippen molar-refractivity contribution in [2.24, 2.45) is 11.8 Å². The molecule has 0 N–H and O–H groups in total. The van der Waals surface area contributed by atoms with Gasteiger partial charge >= 0.3 is 5.97 Å². The molecule has 1 aliphatic carbocycles. The van der Waals surface area contributed by atoms with Gasteiger partial charge in [0.25, 0.3) is 0 Å². The first-order chi connectivity index (χ1) is 6.25. The van der Waals surface area contributed by atoms with Gasteiger partial charge in [-0.1, -0.05) is 6.92 Å². The van der Waals surface area contributed by atoms with Crippen LogP contribution in [0.3, 0.4) is 0 Å². The van der Waals surface area contributed by atoms with E-state index < -0.39 is 0 Å². The van der Waals surface area contributed by atoms with Gasteiger partial charge in [0.2, 0.25) is 0 Å². The van der Waals surface area contributed by atoms with Gasteiger partial charge in [-0.25, -0.2) is 0 Å². The predicted octanol–water partition coefficient (Wildman–Crippen LogP) is 1.36. The Hall–Kier alpha value is -0.570. The van der Waals surface area contributed by atoms with Crippen LogP contribution >= 0.6 is 0 Å². The van der Waals surface area contributed by atoms with Crippen LogP contribution in [-0.2, 0) is 14.3 Å². The molecule has 1 heterocycles. The fourth-order valence-electron chi connectivity index (χ4n) is 1.96. The van der Waals surface area contributed by atoms with Gasteiger partial charge in [-0.05, 0) is 25.2 Å². The zero-order valence-corrected chi connectivity index (χ0v) is 7.99. The monoisotopic (exact) mass is 184 g/mol. The molecular weight excluding hydrogens is 168 g/mol. The van der Waals surface area contributed by atoms with Gasteiger partial charge in [0.15, 0.2) is 0 Å². The molecule has 13 heavy (non-hydrogen) atoms. The molecule has 1 saturated carbocycles. The summed E-state index contributed by atoms with van der Waals surface area (Å²) < 4.78 is 10.2. The first-order valence-electron chi connectivity index (χ1n) is 5.04. The Morgan fingerprint density at radius 1 is 1.38 bits per heavy atom. The second-order valence-corrected chi connectivity index (χ2v) is 4.21. The molecule has 0 spiro atoms. The minimum Gasteiger partial charge on any atom is -0.457 e. The highest BCUT2D eigenvalue weighted by Crippen LogP contribution is 2.31. The predicted molar refractivity (Wildman–Crippen MR) is 47.2 cm³/mol. The van der Waals surface area contributed by atoms with Crippen LogP contribution in [0.5, 0.6) is 0 Å². The van der Waals surface area contributed by atoms with Crippen LogP contribution < -0.4 is 0 Å². The average molecular weight is 184 g/mol. The summed E-state index contributed by atoms with van der Waals surface area (Å²) in [6.45, 7) is 3.38. The molecule has 0 amide bonds. The van der Waals surface area contributed by atoms with Crippen molar-refractivity contribution in [3.63, 3.8) is 0 Å². The molecule has 3 heteroatoms. The fourth-order valence-corrected chi connectivity index (χ4v) is 1.96. The zero-order valence-electron chi connectivity index (χ0n) is 7.99. The smallest absolute Gasteiger partial charge is 0.309 e. The Morgan fingerprint density at radius 2 is 2.15 bits per heavy atom. The number of esters is 1. The quantitative estimate of drug-likeness (QED) is 0.608. The second-order valence-electron chi connectivity index (χ2n) is 4.21. The Morgan fingerprint density at radius 3 is 2.62 bits per heavy atom. The molecule has 2 rings (SSSR count). The third-order valence-electron chi connectivity index (χ3n) is 2.92. The zero-order chi connectivity index (χ0) is 9.26. The van der Waals surface area contributed by atoms with Gasteiger partial charge in [0.1, 0.15) is 6.10 Å². The molecule has 0 aromatic heterocycles. The maximum absolute atomic E-state index is 11.5. The van der Waals surface area contributed by atoms with Crippen molar-refractivity contribution in [2.45, 2.75) is 32.3 Å². The van der Waals surface area contributed by atoms with Gasteiger partial charge in [0.05, 0.1) is 19.1 Å². The molecule has 0 bridgehead atoms. The Bertz CT molecular complexity index is 198. The van der Waals surface area contributed by atoms with Crippen molar-refractivity contribution >= 4 is 5.97 Å². The van der Waals surface area contributed by atoms with Gasteiger partial charge in [-0.2, -0.15) is 0 Å².